The summed E-state index contributed by atoms with van der Waals surface area (Å²) in [5.41, 5.74) is 4.37. The van der Waals surface area contributed by atoms with Crippen molar-refractivity contribution in [2.45, 2.75) is 32.6 Å². The van der Waals surface area contributed by atoms with Crippen LogP contribution in [0.4, 0.5) is 5.00 Å². The maximum atomic E-state index is 12.5. The number of fused-ring (bicyclic) bond motifs is 2. The van der Waals surface area contributed by atoms with Gasteiger partial charge in [-0.3, -0.25) is 9.59 Å². The molecule has 0 unspecified atom stereocenters. The van der Waals surface area contributed by atoms with Gasteiger partial charge in [0, 0.05) is 10.4 Å². The average Bonchev–Trinajstić information content (AvgIpc) is 3.17. The van der Waals surface area contributed by atoms with Crippen LogP contribution in [0.2, 0.25) is 0 Å². The number of nitrogens with one attached hydrogen (secondary N) is 2. The highest BCUT2D eigenvalue weighted by Crippen LogP contribution is 2.38. The Labute approximate surface area is 189 Å². The Morgan fingerprint density at radius 1 is 1.06 bits per heavy atom. The van der Waals surface area contributed by atoms with E-state index >= 15 is 0 Å². The molecule has 0 aliphatic heterocycles. The number of esters is 1. The van der Waals surface area contributed by atoms with Crippen LogP contribution in [0.5, 0.6) is 0 Å². The summed E-state index contributed by atoms with van der Waals surface area (Å²) < 4.78 is 5.18. The second-order valence-corrected chi connectivity index (χ2v) is 8.46. The summed E-state index contributed by atoms with van der Waals surface area (Å²) in [6.45, 7) is 1.97. The molecule has 2 N–H and O–H groups in total. The van der Waals surface area contributed by atoms with Crippen LogP contribution >= 0.6 is 11.3 Å². The van der Waals surface area contributed by atoms with Crippen molar-refractivity contribution in [1.29, 1.82) is 0 Å². The monoisotopic (exact) mass is 449 g/mol. The van der Waals surface area contributed by atoms with Gasteiger partial charge in [0.2, 0.25) is 0 Å². The fourth-order valence-corrected chi connectivity index (χ4v) is 5.08. The smallest absolute Gasteiger partial charge is 0.341 e. The lowest BCUT2D eigenvalue weighted by Crippen LogP contribution is -2.32. The fourth-order valence-electron chi connectivity index (χ4n) is 3.81. The number of rotatable bonds is 5. The zero-order valence-electron chi connectivity index (χ0n) is 17.6. The third-order valence-corrected chi connectivity index (χ3v) is 6.48. The number of amides is 2. The Hall–Kier alpha value is -3.52. The summed E-state index contributed by atoms with van der Waals surface area (Å²) in [6.07, 6.45) is 5.13. The van der Waals surface area contributed by atoms with Crippen molar-refractivity contribution in [3.63, 3.8) is 0 Å². The second-order valence-electron chi connectivity index (χ2n) is 7.36. The van der Waals surface area contributed by atoms with E-state index in [1.54, 1.807) is 6.92 Å². The lowest BCUT2D eigenvalue weighted by Gasteiger charge is -2.12. The Morgan fingerprint density at radius 3 is 2.69 bits per heavy atom. The molecule has 3 aromatic rings. The van der Waals surface area contributed by atoms with Crippen molar-refractivity contribution in [2.75, 3.05) is 11.9 Å². The molecular weight excluding hydrogens is 426 g/mol. The number of anilines is 1. The number of hydrogen-bond donors (Lipinski definition) is 2. The van der Waals surface area contributed by atoms with E-state index in [-0.39, 0.29) is 6.61 Å². The molecule has 1 aliphatic carbocycles. The first-order chi connectivity index (χ1) is 15.6. The van der Waals surface area contributed by atoms with Gasteiger partial charge < -0.3 is 10.1 Å². The van der Waals surface area contributed by atoms with Gasteiger partial charge in [-0.1, -0.05) is 42.5 Å². The molecule has 4 rings (SSSR count). The molecule has 0 saturated heterocycles. The number of carbonyl (C=O) groups excluding carboxylic acids is 3. The molecular formula is C24H23N3O4S. The molecule has 1 aliphatic rings. The third kappa shape index (κ3) is 4.55. The number of benzene rings is 2. The van der Waals surface area contributed by atoms with Gasteiger partial charge in [0.15, 0.2) is 0 Å². The molecule has 164 valence electrons. The molecule has 0 spiro atoms. The Kier molecular flexibility index (Phi) is 6.61. The lowest BCUT2D eigenvalue weighted by molar-refractivity contribution is -0.136. The summed E-state index contributed by atoms with van der Waals surface area (Å²) in [6, 6.07) is 13.6. The highest BCUT2D eigenvalue weighted by atomic mass is 32.1. The molecule has 0 atom stereocenters. The largest absolute Gasteiger partial charge is 0.462 e. The van der Waals surface area contributed by atoms with Crippen molar-refractivity contribution in [2.24, 2.45) is 5.10 Å². The second kappa shape index (κ2) is 9.74. The first-order valence-electron chi connectivity index (χ1n) is 10.5. The quantitative estimate of drug-likeness (QED) is 0.266. The van der Waals surface area contributed by atoms with Crippen molar-refractivity contribution >= 4 is 51.1 Å². The molecule has 8 heteroatoms. The van der Waals surface area contributed by atoms with Crippen LogP contribution in [0, 0.1) is 0 Å². The molecule has 1 heterocycles. The van der Waals surface area contributed by atoms with Crippen LogP contribution in [0.25, 0.3) is 10.8 Å². The van der Waals surface area contributed by atoms with Crippen LogP contribution < -0.4 is 10.7 Å². The van der Waals surface area contributed by atoms with Crippen molar-refractivity contribution in [3.05, 3.63) is 64.0 Å². The van der Waals surface area contributed by atoms with Crippen molar-refractivity contribution in [1.82, 2.24) is 5.43 Å². The number of hydrazone groups is 1. The molecule has 0 fully saturated rings. The van der Waals surface area contributed by atoms with Gasteiger partial charge in [-0.15, -0.1) is 11.3 Å². The molecule has 2 aromatic carbocycles. The lowest BCUT2D eigenvalue weighted by atomic mass is 9.95. The first-order valence-corrected chi connectivity index (χ1v) is 11.3. The van der Waals surface area contributed by atoms with Gasteiger partial charge in [0.1, 0.15) is 5.00 Å². The maximum absolute atomic E-state index is 12.5. The Bertz CT molecular complexity index is 1210. The minimum atomic E-state index is -0.914. The summed E-state index contributed by atoms with van der Waals surface area (Å²) >= 11 is 1.33. The molecule has 7 nitrogen and oxygen atoms in total. The van der Waals surface area contributed by atoms with E-state index in [0.29, 0.717) is 10.6 Å². The van der Waals surface area contributed by atoms with Gasteiger partial charge in [0.05, 0.1) is 18.4 Å². The van der Waals surface area contributed by atoms with Crippen LogP contribution in [0.15, 0.2) is 47.6 Å². The zero-order valence-corrected chi connectivity index (χ0v) is 18.5. The molecule has 0 radical (unpaired) electrons. The molecule has 0 bridgehead atoms. The molecule has 32 heavy (non-hydrogen) atoms. The fraction of sp³-hybridized carbons (Fsp3) is 0.250. The van der Waals surface area contributed by atoms with E-state index < -0.39 is 17.8 Å². The number of aryl methyl sites for hydroxylation is 1. The number of carbonyl (C=O) groups is 3. The highest BCUT2D eigenvalue weighted by Gasteiger charge is 2.28. The van der Waals surface area contributed by atoms with Crippen LogP contribution in [0.3, 0.4) is 0 Å². The minimum absolute atomic E-state index is 0.236. The van der Waals surface area contributed by atoms with Gasteiger partial charge in [-0.2, -0.15) is 5.10 Å². The number of ether oxygens (including phenoxy) is 1. The summed E-state index contributed by atoms with van der Waals surface area (Å²) in [5.74, 6) is -2.27. The van der Waals surface area contributed by atoms with E-state index in [1.165, 1.54) is 17.6 Å². The van der Waals surface area contributed by atoms with Crippen molar-refractivity contribution < 1.29 is 19.1 Å². The summed E-state index contributed by atoms with van der Waals surface area (Å²) in [4.78, 5) is 38.3. The molecule has 1 aromatic heterocycles. The van der Waals surface area contributed by atoms with E-state index in [2.05, 4.69) is 15.8 Å². The first kappa shape index (κ1) is 21.7. The Balaban J connectivity index is 1.47. The molecule has 0 saturated carbocycles. The van der Waals surface area contributed by atoms with Gasteiger partial charge >= 0.3 is 17.8 Å². The summed E-state index contributed by atoms with van der Waals surface area (Å²) in [7, 11) is 0. The predicted octanol–water partition coefficient (Wildman–Crippen LogP) is 4.05. The third-order valence-electron chi connectivity index (χ3n) is 5.28. The predicted molar refractivity (Wildman–Crippen MR) is 125 cm³/mol. The van der Waals surface area contributed by atoms with E-state index in [9.17, 15) is 14.4 Å². The standard InChI is InChI=1S/C24H23N3O4S/c1-2-31-24(30)20-18-12-5-6-13-19(18)32-23(20)26-21(28)22(29)27-25-14-16-10-7-9-15-8-3-4-11-17(15)16/h3-4,7-11,14H,2,5-6,12-13H2,1H3,(H,26,28)(H,27,29)/b25-14+. The van der Waals surface area contributed by atoms with Crippen LogP contribution in [-0.2, 0) is 27.2 Å². The Morgan fingerprint density at radius 2 is 1.84 bits per heavy atom. The van der Waals surface area contributed by atoms with E-state index in [4.69, 9.17) is 4.74 Å². The van der Waals surface area contributed by atoms with Gasteiger partial charge in [-0.05, 0) is 48.9 Å². The van der Waals surface area contributed by atoms with Crippen LogP contribution in [-0.4, -0.2) is 30.6 Å². The maximum Gasteiger partial charge on any atom is 0.341 e. The zero-order chi connectivity index (χ0) is 22.5. The topological polar surface area (TPSA) is 96.9 Å². The average molecular weight is 450 g/mol. The van der Waals surface area contributed by atoms with Gasteiger partial charge in [0.25, 0.3) is 0 Å². The van der Waals surface area contributed by atoms with E-state index in [0.717, 1.165) is 52.5 Å². The highest BCUT2D eigenvalue weighted by molar-refractivity contribution is 7.17. The normalized spacial score (nSPS) is 13.0. The van der Waals surface area contributed by atoms with Crippen molar-refractivity contribution in [3.8, 4) is 0 Å². The number of thiophene rings is 1. The van der Waals surface area contributed by atoms with Gasteiger partial charge in [-0.25, -0.2) is 10.2 Å². The minimum Gasteiger partial charge on any atom is -0.462 e. The summed E-state index contributed by atoms with van der Waals surface area (Å²) in [5, 5.41) is 8.90. The SMILES string of the molecule is CCOC(=O)c1c(NC(=O)C(=O)N/N=C/c2cccc3ccccc23)sc2c1CCCC2. The number of hydrogen-bond acceptors (Lipinski definition) is 6. The number of nitrogens with zero attached hydrogens (tertiary/aromatic N) is 1. The molecule has 2 amide bonds. The van der Waals surface area contributed by atoms with Crippen LogP contribution in [0.1, 0.15) is 46.1 Å². The van der Waals surface area contributed by atoms with E-state index in [1.807, 2.05) is 42.5 Å².